The average Bonchev–Trinajstić information content (AvgIpc) is 2.94. The molecule has 2 aliphatic heterocycles. The number of anilines is 1. The Hall–Kier alpha value is -3.67. The maximum atomic E-state index is 14.2. The van der Waals surface area contributed by atoms with Crippen molar-refractivity contribution in [2.24, 2.45) is 5.92 Å². The fourth-order valence-corrected chi connectivity index (χ4v) is 5.46. The van der Waals surface area contributed by atoms with Gasteiger partial charge in [-0.2, -0.15) is 0 Å². The summed E-state index contributed by atoms with van der Waals surface area (Å²) in [5.74, 6) is -0.204. The van der Waals surface area contributed by atoms with Crippen LogP contribution in [0.3, 0.4) is 0 Å². The van der Waals surface area contributed by atoms with Crippen molar-refractivity contribution >= 4 is 17.5 Å². The number of carbonyl (C=O) groups excluding carboxylic acids is 2. The van der Waals surface area contributed by atoms with Crippen LogP contribution < -0.4 is 4.90 Å². The molecular weight excluding hydrogens is 453 g/mol. The molecule has 186 valence electrons. The van der Waals surface area contributed by atoms with E-state index in [0.29, 0.717) is 51.4 Å². The van der Waals surface area contributed by atoms with Crippen LogP contribution in [0.2, 0.25) is 0 Å². The molecule has 0 bridgehead atoms. The lowest BCUT2D eigenvalue weighted by Crippen LogP contribution is -2.54. The Labute approximate surface area is 212 Å². The molecule has 3 aromatic rings. The maximum absolute atomic E-state index is 14.2. The predicted octanol–water partition coefficient (Wildman–Crippen LogP) is 4.35. The molecule has 2 unspecified atom stereocenters. The van der Waals surface area contributed by atoms with Crippen LogP contribution in [0, 0.1) is 11.7 Å². The second kappa shape index (κ2) is 10.9. The third-order valence-corrected chi connectivity index (χ3v) is 7.41. The zero-order valence-electron chi connectivity index (χ0n) is 20.4. The van der Waals surface area contributed by atoms with Gasteiger partial charge in [0.1, 0.15) is 5.82 Å². The second-order valence-electron chi connectivity index (χ2n) is 9.77. The van der Waals surface area contributed by atoms with Crippen molar-refractivity contribution in [3.63, 3.8) is 0 Å². The Morgan fingerprint density at radius 2 is 1.39 bits per heavy atom. The molecule has 5 nitrogen and oxygen atoms in total. The Morgan fingerprint density at radius 1 is 0.750 bits per heavy atom. The summed E-state index contributed by atoms with van der Waals surface area (Å²) in [7, 11) is 0. The number of nitrogens with zero attached hydrogens (tertiary/aromatic N) is 3. The van der Waals surface area contributed by atoms with Gasteiger partial charge in [-0.05, 0) is 29.7 Å². The summed E-state index contributed by atoms with van der Waals surface area (Å²) >= 11 is 0. The molecule has 2 atom stereocenters. The maximum Gasteiger partial charge on any atom is 0.227 e. The largest absolute Gasteiger partial charge is 0.366 e. The zero-order valence-corrected chi connectivity index (χ0v) is 20.4. The number of halogens is 1. The van der Waals surface area contributed by atoms with Gasteiger partial charge in [0.2, 0.25) is 11.8 Å². The molecule has 2 heterocycles. The Kier molecular flexibility index (Phi) is 7.31. The van der Waals surface area contributed by atoms with Crippen molar-refractivity contribution in [3.8, 4) is 0 Å². The number of likely N-dealkylation sites (tertiary alicyclic amines) is 1. The highest BCUT2D eigenvalue weighted by Gasteiger charge is 2.37. The first kappa shape index (κ1) is 24.0. The summed E-state index contributed by atoms with van der Waals surface area (Å²) in [6.07, 6.45) is 1.07. The summed E-state index contributed by atoms with van der Waals surface area (Å²) < 4.78 is 14.2. The minimum atomic E-state index is -0.247. The molecule has 2 amide bonds. The number of hydrogen-bond acceptors (Lipinski definition) is 3. The number of hydrogen-bond donors (Lipinski definition) is 0. The molecule has 2 fully saturated rings. The van der Waals surface area contributed by atoms with Crippen molar-refractivity contribution < 1.29 is 14.0 Å². The molecule has 5 rings (SSSR count). The molecule has 0 aliphatic carbocycles. The first-order chi connectivity index (χ1) is 17.6. The molecule has 0 N–H and O–H groups in total. The fraction of sp³-hybridized carbons (Fsp3) is 0.333. The number of amides is 2. The normalized spacial score (nSPS) is 20.3. The van der Waals surface area contributed by atoms with Crippen molar-refractivity contribution in [2.45, 2.75) is 18.8 Å². The molecule has 0 aromatic heterocycles. The molecule has 0 spiro atoms. The smallest absolute Gasteiger partial charge is 0.227 e. The highest BCUT2D eigenvalue weighted by molar-refractivity contribution is 5.83. The van der Waals surface area contributed by atoms with E-state index in [4.69, 9.17) is 0 Å². The summed E-state index contributed by atoms with van der Waals surface area (Å²) in [6, 6.07) is 26.7. The molecular formula is C30H32FN3O2. The second-order valence-corrected chi connectivity index (χ2v) is 9.77. The number of benzene rings is 3. The van der Waals surface area contributed by atoms with Crippen molar-refractivity contribution in [2.75, 3.05) is 44.2 Å². The highest BCUT2D eigenvalue weighted by atomic mass is 19.1. The van der Waals surface area contributed by atoms with E-state index < -0.39 is 0 Å². The molecule has 2 aliphatic rings. The van der Waals surface area contributed by atoms with Gasteiger partial charge >= 0.3 is 0 Å². The lowest BCUT2D eigenvalue weighted by atomic mass is 9.83. The number of rotatable bonds is 5. The number of piperazine rings is 1. The molecule has 0 radical (unpaired) electrons. The van der Waals surface area contributed by atoms with Gasteiger partial charge in [-0.3, -0.25) is 9.59 Å². The standard InChI is InChI=1S/C30H32FN3O2/c31-27-13-7-8-14-28(27)32-15-17-33(18-16-32)30(36)26-20-25(24-11-5-2-6-12-24)21-34(22-26)29(35)19-23-9-3-1-4-10-23/h1-14,25-26H,15-22H2. The Morgan fingerprint density at radius 3 is 2.08 bits per heavy atom. The minimum Gasteiger partial charge on any atom is -0.366 e. The van der Waals surface area contributed by atoms with Gasteiger partial charge in [-0.15, -0.1) is 0 Å². The van der Waals surface area contributed by atoms with Crippen LogP contribution >= 0.6 is 0 Å². The quantitative estimate of drug-likeness (QED) is 0.540. The van der Waals surface area contributed by atoms with Crippen LogP contribution in [-0.2, 0) is 16.0 Å². The summed E-state index contributed by atoms with van der Waals surface area (Å²) in [4.78, 5) is 32.7. The topological polar surface area (TPSA) is 43.9 Å². The lowest BCUT2D eigenvalue weighted by molar-refractivity contribution is -0.141. The van der Waals surface area contributed by atoms with E-state index in [1.54, 1.807) is 12.1 Å². The molecule has 3 aromatic carbocycles. The van der Waals surface area contributed by atoms with E-state index in [1.165, 1.54) is 6.07 Å². The predicted molar refractivity (Wildman–Crippen MR) is 139 cm³/mol. The van der Waals surface area contributed by atoms with E-state index in [0.717, 1.165) is 17.5 Å². The SMILES string of the molecule is O=C(Cc1ccccc1)N1CC(C(=O)N2CCN(c3ccccc3F)CC2)CC(c2ccccc2)C1. The van der Waals surface area contributed by atoms with E-state index in [1.807, 2.05) is 69.3 Å². The highest BCUT2D eigenvalue weighted by Crippen LogP contribution is 2.32. The average molecular weight is 486 g/mol. The van der Waals surface area contributed by atoms with Gasteiger partial charge in [0.15, 0.2) is 0 Å². The van der Waals surface area contributed by atoms with Crippen LogP contribution in [0.4, 0.5) is 10.1 Å². The Balaban J connectivity index is 1.28. The summed E-state index contributed by atoms with van der Waals surface area (Å²) in [6.45, 7) is 3.37. The summed E-state index contributed by atoms with van der Waals surface area (Å²) in [5, 5.41) is 0. The summed E-state index contributed by atoms with van der Waals surface area (Å²) in [5.41, 5.74) is 2.73. The number of para-hydroxylation sites is 1. The monoisotopic (exact) mass is 485 g/mol. The van der Waals surface area contributed by atoms with E-state index >= 15 is 0 Å². The first-order valence-electron chi connectivity index (χ1n) is 12.7. The van der Waals surface area contributed by atoms with Gasteiger partial charge in [-0.1, -0.05) is 72.8 Å². The van der Waals surface area contributed by atoms with Crippen LogP contribution in [0.5, 0.6) is 0 Å². The van der Waals surface area contributed by atoms with Gasteiger partial charge in [-0.25, -0.2) is 4.39 Å². The van der Waals surface area contributed by atoms with Crippen LogP contribution in [0.15, 0.2) is 84.9 Å². The fourth-order valence-electron chi connectivity index (χ4n) is 5.46. The number of piperidine rings is 1. The van der Waals surface area contributed by atoms with Gasteiger partial charge in [0.05, 0.1) is 18.0 Å². The van der Waals surface area contributed by atoms with Crippen LogP contribution in [-0.4, -0.2) is 60.9 Å². The third kappa shape index (κ3) is 5.43. The van der Waals surface area contributed by atoms with Crippen molar-refractivity contribution in [1.29, 1.82) is 0 Å². The Bertz CT molecular complexity index is 1180. The third-order valence-electron chi connectivity index (χ3n) is 7.41. The lowest BCUT2D eigenvalue weighted by Gasteiger charge is -2.42. The van der Waals surface area contributed by atoms with Gasteiger partial charge in [0.25, 0.3) is 0 Å². The first-order valence-corrected chi connectivity index (χ1v) is 12.7. The van der Waals surface area contributed by atoms with Gasteiger partial charge < -0.3 is 14.7 Å². The van der Waals surface area contributed by atoms with E-state index in [2.05, 4.69) is 12.1 Å². The van der Waals surface area contributed by atoms with Gasteiger partial charge in [0, 0.05) is 45.2 Å². The zero-order chi connectivity index (χ0) is 24.9. The number of carbonyl (C=O) groups is 2. The molecule has 2 saturated heterocycles. The van der Waals surface area contributed by atoms with Crippen molar-refractivity contribution in [1.82, 2.24) is 9.80 Å². The van der Waals surface area contributed by atoms with E-state index in [-0.39, 0.29) is 29.5 Å². The van der Waals surface area contributed by atoms with E-state index in [9.17, 15) is 14.0 Å². The molecule has 36 heavy (non-hydrogen) atoms. The molecule has 6 heteroatoms. The molecule has 0 saturated carbocycles. The van der Waals surface area contributed by atoms with Crippen LogP contribution in [0.25, 0.3) is 0 Å². The minimum absolute atomic E-state index is 0.0593. The van der Waals surface area contributed by atoms with Crippen molar-refractivity contribution in [3.05, 3.63) is 102 Å². The van der Waals surface area contributed by atoms with Crippen LogP contribution in [0.1, 0.15) is 23.5 Å².